The van der Waals surface area contributed by atoms with Gasteiger partial charge < -0.3 is 15.8 Å². The lowest BCUT2D eigenvalue weighted by Crippen LogP contribution is -2.42. The highest BCUT2D eigenvalue weighted by molar-refractivity contribution is 5.85. The topological polar surface area (TPSA) is 81.4 Å². The number of rotatable bonds is 9. The van der Waals surface area contributed by atoms with Gasteiger partial charge in [-0.2, -0.15) is 0 Å². The first-order chi connectivity index (χ1) is 10.1. The average Bonchev–Trinajstić information content (AvgIpc) is 2.51. The van der Waals surface area contributed by atoms with Crippen molar-refractivity contribution in [2.75, 3.05) is 13.7 Å². The third-order valence-corrected chi connectivity index (χ3v) is 4.23. The number of halogens is 1. The van der Waals surface area contributed by atoms with Crippen LogP contribution in [0.4, 0.5) is 0 Å². The number of unbranched alkanes of at least 4 members (excludes halogenated alkanes) is 2. The molecular weight excluding hydrogens is 304 g/mol. The maximum atomic E-state index is 11.9. The van der Waals surface area contributed by atoms with E-state index < -0.39 is 0 Å². The van der Waals surface area contributed by atoms with Crippen molar-refractivity contribution in [3.63, 3.8) is 0 Å². The van der Waals surface area contributed by atoms with Crippen LogP contribution in [0.1, 0.15) is 64.2 Å². The van der Waals surface area contributed by atoms with Crippen molar-refractivity contribution in [1.29, 1.82) is 0 Å². The van der Waals surface area contributed by atoms with E-state index >= 15 is 0 Å². The summed E-state index contributed by atoms with van der Waals surface area (Å²) in [6.07, 6.45) is 10.2. The summed E-state index contributed by atoms with van der Waals surface area (Å²) < 4.78 is 4.57. The molecule has 1 amide bonds. The maximum Gasteiger partial charge on any atom is 0.305 e. The molecule has 0 spiro atoms. The lowest BCUT2D eigenvalue weighted by molar-refractivity contribution is -0.140. The van der Waals surface area contributed by atoms with Crippen molar-refractivity contribution >= 4 is 24.3 Å². The molecule has 0 aromatic heterocycles. The summed E-state index contributed by atoms with van der Waals surface area (Å²) in [5.41, 5.74) is 5.97. The molecule has 0 aromatic rings. The highest BCUT2D eigenvalue weighted by atomic mass is 35.5. The number of esters is 1. The number of hydrogen-bond donors (Lipinski definition) is 2. The van der Waals surface area contributed by atoms with Gasteiger partial charge in [0.1, 0.15) is 0 Å². The van der Waals surface area contributed by atoms with Gasteiger partial charge in [-0.05, 0) is 25.2 Å². The van der Waals surface area contributed by atoms with E-state index in [0.29, 0.717) is 18.9 Å². The van der Waals surface area contributed by atoms with Gasteiger partial charge in [-0.3, -0.25) is 9.59 Å². The molecule has 130 valence electrons. The summed E-state index contributed by atoms with van der Waals surface area (Å²) >= 11 is 0. The normalized spacial score (nSPS) is 16.5. The Morgan fingerprint density at radius 3 is 2.50 bits per heavy atom. The molecular formula is C16H31ClN2O3. The summed E-state index contributed by atoms with van der Waals surface area (Å²) in [6, 6.07) is -0.372. The minimum absolute atomic E-state index is 0. The van der Waals surface area contributed by atoms with Crippen LogP contribution in [0.15, 0.2) is 0 Å². The van der Waals surface area contributed by atoms with E-state index in [4.69, 9.17) is 5.73 Å². The molecule has 6 heteroatoms. The van der Waals surface area contributed by atoms with Crippen LogP contribution in [0.3, 0.4) is 0 Å². The Morgan fingerprint density at radius 2 is 1.86 bits per heavy atom. The molecule has 0 unspecified atom stereocenters. The SMILES string of the molecule is COC(=O)CCCCCNC(=O)[C@@H](N)CC1CCCCC1.Cl. The molecule has 1 fully saturated rings. The number of nitrogens with two attached hydrogens (primary N) is 1. The van der Waals surface area contributed by atoms with E-state index in [1.807, 2.05) is 0 Å². The minimum Gasteiger partial charge on any atom is -0.469 e. The van der Waals surface area contributed by atoms with Gasteiger partial charge in [-0.25, -0.2) is 0 Å². The van der Waals surface area contributed by atoms with Gasteiger partial charge in [-0.15, -0.1) is 12.4 Å². The molecule has 0 aromatic carbocycles. The number of methoxy groups -OCH3 is 1. The van der Waals surface area contributed by atoms with Crippen molar-refractivity contribution in [3.8, 4) is 0 Å². The molecule has 0 heterocycles. The van der Waals surface area contributed by atoms with Crippen LogP contribution >= 0.6 is 12.4 Å². The van der Waals surface area contributed by atoms with Crippen LogP contribution in [0, 0.1) is 5.92 Å². The Hall–Kier alpha value is -0.810. The number of ether oxygens (including phenoxy) is 1. The van der Waals surface area contributed by atoms with Crippen molar-refractivity contribution in [1.82, 2.24) is 5.32 Å². The van der Waals surface area contributed by atoms with Gasteiger partial charge in [0.2, 0.25) is 5.91 Å². The fourth-order valence-corrected chi connectivity index (χ4v) is 2.90. The van der Waals surface area contributed by atoms with Crippen LogP contribution in [0.5, 0.6) is 0 Å². The number of hydrogen-bond acceptors (Lipinski definition) is 4. The van der Waals surface area contributed by atoms with Crippen LogP contribution in [-0.4, -0.2) is 31.6 Å². The summed E-state index contributed by atoms with van der Waals surface area (Å²) in [4.78, 5) is 22.8. The molecule has 0 bridgehead atoms. The lowest BCUT2D eigenvalue weighted by atomic mass is 9.85. The Kier molecular flexibility index (Phi) is 12.2. The van der Waals surface area contributed by atoms with Gasteiger partial charge >= 0.3 is 5.97 Å². The van der Waals surface area contributed by atoms with Crippen molar-refractivity contribution in [2.45, 2.75) is 70.3 Å². The van der Waals surface area contributed by atoms with Crippen LogP contribution < -0.4 is 11.1 Å². The Bertz CT molecular complexity index is 321. The number of amides is 1. The van der Waals surface area contributed by atoms with E-state index in [-0.39, 0.29) is 30.3 Å². The van der Waals surface area contributed by atoms with Crippen molar-refractivity contribution < 1.29 is 14.3 Å². The predicted octanol–water partition coefficient (Wildman–Crippen LogP) is 2.56. The van der Waals surface area contributed by atoms with Gasteiger partial charge in [0.25, 0.3) is 0 Å². The summed E-state index contributed by atoms with van der Waals surface area (Å²) in [5.74, 6) is 0.418. The summed E-state index contributed by atoms with van der Waals surface area (Å²) in [5, 5.41) is 2.89. The highest BCUT2D eigenvalue weighted by Crippen LogP contribution is 2.26. The van der Waals surface area contributed by atoms with Gasteiger partial charge in [-0.1, -0.05) is 38.5 Å². The molecule has 1 aliphatic rings. The average molecular weight is 335 g/mol. The first-order valence-corrected chi connectivity index (χ1v) is 8.23. The largest absolute Gasteiger partial charge is 0.469 e. The fourth-order valence-electron chi connectivity index (χ4n) is 2.90. The van der Waals surface area contributed by atoms with Crippen molar-refractivity contribution in [2.24, 2.45) is 11.7 Å². The molecule has 1 aliphatic carbocycles. The quantitative estimate of drug-likeness (QED) is 0.501. The lowest BCUT2D eigenvalue weighted by Gasteiger charge is -2.24. The third-order valence-electron chi connectivity index (χ3n) is 4.23. The van der Waals surface area contributed by atoms with E-state index in [9.17, 15) is 9.59 Å². The second-order valence-corrected chi connectivity index (χ2v) is 6.02. The smallest absolute Gasteiger partial charge is 0.305 e. The zero-order valence-electron chi connectivity index (χ0n) is 13.6. The molecule has 1 saturated carbocycles. The van der Waals surface area contributed by atoms with E-state index in [1.54, 1.807) is 0 Å². The number of carbonyl (C=O) groups excluding carboxylic acids is 2. The van der Waals surface area contributed by atoms with Gasteiger partial charge in [0.15, 0.2) is 0 Å². The summed E-state index contributed by atoms with van der Waals surface area (Å²) in [6.45, 7) is 0.637. The molecule has 0 radical (unpaired) electrons. The predicted molar refractivity (Wildman–Crippen MR) is 89.9 cm³/mol. The third kappa shape index (κ3) is 9.26. The monoisotopic (exact) mass is 334 g/mol. The molecule has 1 rings (SSSR count). The van der Waals surface area contributed by atoms with Gasteiger partial charge in [0.05, 0.1) is 13.2 Å². The van der Waals surface area contributed by atoms with Crippen LogP contribution in [-0.2, 0) is 14.3 Å². The molecule has 0 aliphatic heterocycles. The second kappa shape index (κ2) is 12.7. The molecule has 3 N–H and O–H groups in total. The molecule has 0 saturated heterocycles. The second-order valence-electron chi connectivity index (χ2n) is 6.02. The van der Waals surface area contributed by atoms with Crippen LogP contribution in [0.2, 0.25) is 0 Å². The first-order valence-electron chi connectivity index (χ1n) is 8.23. The Labute approximate surface area is 140 Å². The van der Waals surface area contributed by atoms with Crippen molar-refractivity contribution in [3.05, 3.63) is 0 Å². The van der Waals surface area contributed by atoms with Gasteiger partial charge in [0, 0.05) is 13.0 Å². The summed E-state index contributed by atoms with van der Waals surface area (Å²) in [7, 11) is 1.40. The molecule has 1 atom stereocenters. The maximum absolute atomic E-state index is 11.9. The first kappa shape index (κ1) is 21.2. The van der Waals surface area contributed by atoms with E-state index in [1.165, 1.54) is 39.2 Å². The molecule has 5 nitrogen and oxygen atoms in total. The Balaban J connectivity index is 0.00000441. The number of nitrogens with one attached hydrogen (secondary N) is 1. The number of carbonyl (C=O) groups is 2. The highest BCUT2D eigenvalue weighted by Gasteiger charge is 2.20. The van der Waals surface area contributed by atoms with E-state index in [2.05, 4.69) is 10.1 Å². The zero-order chi connectivity index (χ0) is 15.5. The standard InChI is InChI=1S/C16H30N2O3.ClH/c1-21-15(19)10-6-3-7-11-18-16(20)14(17)12-13-8-4-2-5-9-13;/h13-14H,2-12,17H2,1H3,(H,18,20);1H/t14-;/m0./s1. The van der Waals surface area contributed by atoms with E-state index in [0.717, 1.165) is 25.7 Å². The fraction of sp³-hybridized carbons (Fsp3) is 0.875. The zero-order valence-corrected chi connectivity index (χ0v) is 14.5. The molecule has 22 heavy (non-hydrogen) atoms. The minimum atomic E-state index is -0.372. The van der Waals surface area contributed by atoms with Crippen LogP contribution in [0.25, 0.3) is 0 Å². The Morgan fingerprint density at radius 1 is 1.18 bits per heavy atom.